The number of fused-ring (bicyclic) bond motifs is 2. The van der Waals surface area contributed by atoms with Crippen molar-refractivity contribution < 1.29 is 0 Å². The Kier molecular flexibility index (Phi) is 11.3. The predicted octanol–water partition coefficient (Wildman–Crippen LogP) is 18.4. The van der Waals surface area contributed by atoms with Crippen LogP contribution in [0, 0.1) is 18.8 Å². The van der Waals surface area contributed by atoms with E-state index in [0.29, 0.717) is 0 Å². The highest BCUT2D eigenvalue weighted by atomic mass is 15.2. The van der Waals surface area contributed by atoms with Gasteiger partial charge < -0.3 is 14.7 Å². The highest BCUT2D eigenvalue weighted by Crippen LogP contribution is 2.66. The molecule has 358 valence electrons. The Labute approximate surface area is 428 Å². The highest BCUT2D eigenvalue weighted by molar-refractivity contribution is 5.84. The third kappa shape index (κ3) is 8.06. The van der Waals surface area contributed by atoms with Gasteiger partial charge in [0, 0.05) is 51.2 Å². The van der Waals surface area contributed by atoms with E-state index in [2.05, 4.69) is 217 Å². The SMILES string of the molecule is C=Cc1ccc(C23CC4CC(C2)CC(c2ccc(N(c5ccc(CCCC)cc5)c5ccc(N(c6ccc(N(c7ccc(C)cc7)c7ccc8c(c7)CC8)cc6)c6ccc7c(c6)CC7)cc5)cc2)(C4)C3)cc1. The Morgan fingerprint density at radius 2 is 0.806 bits per heavy atom. The molecule has 0 heterocycles. The maximum absolute atomic E-state index is 4.04. The molecule has 2 atom stereocenters. The van der Waals surface area contributed by atoms with Crippen molar-refractivity contribution in [1.82, 2.24) is 0 Å². The van der Waals surface area contributed by atoms with E-state index in [1.807, 2.05) is 6.08 Å². The lowest BCUT2D eigenvalue weighted by molar-refractivity contribution is -0.0281. The second-order valence-electron chi connectivity index (χ2n) is 22.4. The maximum Gasteiger partial charge on any atom is 0.0464 e. The van der Waals surface area contributed by atoms with Crippen molar-refractivity contribution in [2.75, 3.05) is 14.7 Å². The van der Waals surface area contributed by atoms with Gasteiger partial charge in [0.25, 0.3) is 0 Å². The van der Waals surface area contributed by atoms with Crippen molar-refractivity contribution in [2.24, 2.45) is 11.8 Å². The summed E-state index contributed by atoms with van der Waals surface area (Å²) in [5.74, 6) is 1.60. The molecular formula is C69H67N3. The summed E-state index contributed by atoms with van der Waals surface area (Å²) in [6, 6.07) is 70.2. The Bertz CT molecular complexity index is 3240. The Morgan fingerprint density at radius 1 is 0.444 bits per heavy atom. The summed E-state index contributed by atoms with van der Waals surface area (Å²) in [4.78, 5) is 7.33. The van der Waals surface area contributed by atoms with Gasteiger partial charge in [-0.3, -0.25) is 0 Å². The zero-order chi connectivity index (χ0) is 48.4. The van der Waals surface area contributed by atoms with Gasteiger partial charge >= 0.3 is 0 Å². The van der Waals surface area contributed by atoms with E-state index in [0.717, 1.165) is 53.8 Å². The van der Waals surface area contributed by atoms with Gasteiger partial charge in [-0.15, -0.1) is 0 Å². The number of hydrogen-bond donors (Lipinski definition) is 0. The zero-order valence-corrected chi connectivity index (χ0v) is 42.3. The van der Waals surface area contributed by atoms with Crippen LogP contribution < -0.4 is 14.7 Å². The third-order valence-corrected chi connectivity index (χ3v) is 17.8. The normalized spacial score (nSPS) is 21.0. The van der Waals surface area contributed by atoms with Crippen molar-refractivity contribution in [3.8, 4) is 0 Å². The molecule has 0 aliphatic heterocycles. The Balaban J connectivity index is 0.845. The van der Waals surface area contributed by atoms with E-state index < -0.39 is 0 Å². The summed E-state index contributed by atoms with van der Waals surface area (Å²) in [7, 11) is 0. The number of aryl methyl sites for hydroxylation is 6. The lowest BCUT2D eigenvalue weighted by Crippen LogP contribution is -2.55. The van der Waals surface area contributed by atoms with Gasteiger partial charge in [0.2, 0.25) is 0 Å². The van der Waals surface area contributed by atoms with Gasteiger partial charge in [0.15, 0.2) is 0 Å². The molecule has 8 aromatic carbocycles. The Hall–Kier alpha value is -7.10. The van der Waals surface area contributed by atoms with Crippen molar-refractivity contribution in [3.63, 3.8) is 0 Å². The first-order chi connectivity index (χ1) is 35.3. The molecule has 3 heteroatoms. The summed E-state index contributed by atoms with van der Waals surface area (Å²) >= 11 is 0. The number of anilines is 9. The summed E-state index contributed by atoms with van der Waals surface area (Å²) in [6.07, 6.45) is 18.1. The largest absolute Gasteiger partial charge is 0.311 e. The number of unbranched alkanes of at least 4 members (excludes halogenated alkanes) is 1. The smallest absolute Gasteiger partial charge is 0.0464 e. The lowest BCUT2D eigenvalue weighted by Gasteiger charge is -2.63. The molecule has 0 radical (unpaired) electrons. The van der Waals surface area contributed by atoms with E-state index in [9.17, 15) is 0 Å². The van der Waals surface area contributed by atoms with Crippen LogP contribution in [0.4, 0.5) is 51.2 Å². The molecule has 8 aromatic rings. The molecular weight excluding hydrogens is 871 g/mol. The van der Waals surface area contributed by atoms with Crippen LogP contribution in [0.2, 0.25) is 0 Å². The Morgan fingerprint density at radius 3 is 1.19 bits per heavy atom. The van der Waals surface area contributed by atoms with Gasteiger partial charge in [0.1, 0.15) is 0 Å². The molecule has 0 saturated heterocycles. The van der Waals surface area contributed by atoms with Gasteiger partial charge in [-0.05, 0) is 260 Å². The summed E-state index contributed by atoms with van der Waals surface area (Å²) in [5.41, 5.74) is 23.9. The van der Waals surface area contributed by atoms with Crippen LogP contribution in [-0.2, 0) is 42.9 Å². The molecule has 6 aliphatic rings. The zero-order valence-electron chi connectivity index (χ0n) is 42.3. The van der Waals surface area contributed by atoms with Crippen molar-refractivity contribution in [3.05, 3.63) is 239 Å². The number of benzene rings is 8. The quantitative estimate of drug-likeness (QED) is 0.101. The summed E-state index contributed by atoms with van der Waals surface area (Å²) in [6.45, 7) is 8.48. The molecule has 0 amide bonds. The number of rotatable bonds is 15. The van der Waals surface area contributed by atoms with E-state index in [-0.39, 0.29) is 10.8 Å². The average Bonchev–Trinajstić information content (AvgIpc) is 3.39. The second kappa shape index (κ2) is 18.2. The topological polar surface area (TPSA) is 9.72 Å². The molecule has 72 heavy (non-hydrogen) atoms. The summed E-state index contributed by atoms with van der Waals surface area (Å²) < 4.78 is 0. The molecule has 0 aromatic heterocycles. The van der Waals surface area contributed by atoms with Crippen molar-refractivity contribution in [1.29, 1.82) is 0 Å². The van der Waals surface area contributed by atoms with Gasteiger partial charge in [-0.1, -0.05) is 104 Å². The third-order valence-electron chi connectivity index (χ3n) is 17.8. The highest BCUT2D eigenvalue weighted by Gasteiger charge is 2.58. The molecule has 4 saturated carbocycles. The first-order valence-electron chi connectivity index (χ1n) is 27.2. The minimum absolute atomic E-state index is 0.231. The van der Waals surface area contributed by atoms with Crippen LogP contribution in [-0.4, -0.2) is 0 Å². The average molecular weight is 938 g/mol. The fourth-order valence-corrected chi connectivity index (χ4v) is 14.2. The fraction of sp³-hybridized carbons (Fsp3) is 0.275. The minimum atomic E-state index is 0.231. The molecule has 0 N–H and O–H groups in total. The molecule has 2 unspecified atom stereocenters. The van der Waals surface area contributed by atoms with Crippen molar-refractivity contribution >= 4 is 57.3 Å². The standard InChI is InChI=1S/C69H67N3/c1-4-6-7-50-12-26-60(27-13-50)70(61-30-22-58(23-31-61)69-45-51-40-52(46-69)44-68(43-51,47-69)57-20-10-49(5-2)11-21-57)62-32-34-64(35-33-62)72(67-29-19-54-15-17-56(54)42-67)65-38-36-63(37-39-65)71(59-24-8-48(3)9-25-59)66-28-18-53-14-16-55(53)41-66/h5,8-13,18-39,41-42,51-52H,2,4,6-7,14-17,40,43-47H2,1,3H3. The minimum Gasteiger partial charge on any atom is -0.311 e. The molecule has 6 aliphatic carbocycles. The maximum atomic E-state index is 4.04. The van der Waals surface area contributed by atoms with Crippen LogP contribution in [0.3, 0.4) is 0 Å². The number of nitrogens with zero attached hydrogens (tertiary/aromatic N) is 3. The van der Waals surface area contributed by atoms with Crippen LogP contribution in [0.25, 0.3) is 6.08 Å². The second-order valence-corrected chi connectivity index (χ2v) is 22.4. The predicted molar refractivity (Wildman–Crippen MR) is 303 cm³/mol. The number of hydrogen-bond acceptors (Lipinski definition) is 3. The van der Waals surface area contributed by atoms with E-state index in [4.69, 9.17) is 0 Å². The van der Waals surface area contributed by atoms with Gasteiger partial charge in [-0.25, -0.2) is 0 Å². The fourth-order valence-electron chi connectivity index (χ4n) is 14.2. The van der Waals surface area contributed by atoms with E-state index in [1.54, 1.807) is 5.56 Å². The van der Waals surface area contributed by atoms with E-state index in [1.165, 1.54) is 137 Å². The van der Waals surface area contributed by atoms with Gasteiger partial charge in [0.05, 0.1) is 0 Å². The first kappa shape index (κ1) is 44.8. The lowest BCUT2D eigenvalue weighted by atomic mass is 9.42. The molecule has 3 nitrogen and oxygen atoms in total. The van der Waals surface area contributed by atoms with Gasteiger partial charge in [-0.2, -0.15) is 0 Å². The molecule has 4 bridgehead atoms. The van der Waals surface area contributed by atoms with Crippen molar-refractivity contribution in [2.45, 2.75) is 108 Å². The van der Waals surface area contributed by atoms with Crippen LogP contribution in [0.5, 0.6) is 0 Å². The molecule has 4 fully saturated rings. The first-order valence-corrected chi connectivity index (χ1v) is 27.2. The molecule has 0 spiro atoms. The molecule has 14 rings (SSSR count). The monoisotopic (exact) mass is 938 g/mol. The van der Waals surface area contributed by atoms with Crippen LogP contribution >= 0.6 is 0 Å². The summed E-state index contributed by atoms with van der Waals surface area (Å²) in [5, 5.41) is 0. The van der Waals surface area contributed by atoms with Crippen LogP contribution in [0.15, 0.2) is 189 Å². The van der Waals surface area contributed by atoms with E-state index >= 15 is 0 Å². The van der Waals surface area contributed by atoms with Crippen LogP contribution in [0.1, 0.15) is 108 Å².